The van der Waals surface area contributed by atoms with Gasteiger partial charge < -0.3 is 24.3 Å². The lowest BCUT2D eigenvalue weighted by atomic mass is 10.1. The summed E-state index contributed by atoms with van der Waals surface area (Å²) in [5.41, 5.74) is 0. The number of ether oxygens (including phenoxy) is 4. The number of fused-ring (bicyclic) bond motifs is 1. The highest BCUT2D eigenvalue weighted by atomic mass is 35.5. The third-order valence-electron chi connectivity index (χ3n) is 2.97. The highest BCUT2D eigenvalue weighted by Gasteiger charge is 2.55. The van der Waals surface area contributed by atoms with E-state index in [2.05, 4.69) is 11.9 Å². The van der Waals surface area contributed by atoms with Crippen molar-refractivity contribution in [2.24, 2.45) is 0 Å². The van der Waals surface area contributed by atoms with Gasteiger partial charge in [0.25, 0.3) is 0 Å². The molecule has 106 valence electrons. The van der Waals surface area contributed by atoms with Crippen LogP contribution in [0.5, 0.6) is 0 Å². The first kappa shape index (κ1) is 15.9. The molecule has 2 rings (SSSR count). The zero-order chi connectivity index (χ0) is 12.5. The SMILES string of the molecule is C=CCNCC1OC(OC)C2OC(C)(C)OC12.Cl. The second-order valence-electron chi connectivity index (χ2n) is 4.79. The van der Waals surface area contributed by atoms with E-state index in [-0.39, 0.29) is 37.0 Å². The number of rotatable bonds is 5. The van der Waals surface area contributed by atoms with E-state index >= 15 is 0 Å². The molecular formula is C12H22ClNO4. The van der Waals surface area contributed by atoms with Gasteiger partial charge in [0.1, 0.15) is 18.3 Å². The van der Waals surface area contributed by atoms with E-state index in [4.69, 9.17) is 18.9 Å². The summed E-state index contributed by atoms with van der Waals surface area (Å²) in [7, 11) is 1.62. The third-order valence-corrected chi connectivity index (χ3v) is 2.97. The summed E-state index contributed by atoms with van der Waals surface area (Å²) in [6.45, 7) is 8.93. The number of methoxy groups -OCH3 is 1. The van der Waals surface area contributed by atoms with Crippen molar-refractivity contribution in [3.8, 4) is 0 Å². The second kappa shape index (κ2) is 6.32. The molecule has 0 aliphatic carbocycles. The molecule has 1 N–H and O–H groups in total. The van der Waals surface area contributed by atoms with Gasteiger partial charge in [-0.3, -0.25) is 0 Å². The number of hydrogen-bond acceptors (Lipinski definition) is 5. The molecule has 0 aromatic heterocycles. The average Bonchev–Trinajstić information content (AvgIpc) is 2.73. The van der Waals surface area contributed by atoms with Gasteiger partial charge in [0.15, 0.2) is 12.1 Å². The Morgan fingerprint density at radius 3 is 2.61 bits per heavy atom. The Labute approximate surface area is 114 Å². The van der Waals surface area contributed by atoms with Crippen LogP contribution >= 0.6 is 12.4 Å². The highest BCUT2D eigenvalue weighted by molar-refractivity contribution is 5.85. The van der Waals surface area contributed by atoms with Crippen molar-refractivity contribution in [2.75, 3.05) is 20.2 Å². The van der Waals surface area contributed by atoms with Gasteiger partial charge in [-0.05, 0) is 13.8 Å². The standard InChI is InChI=1S/C12H21NO4.ClH/c1-5-6-13-7-8-9-10(11(14-4)15-8)17-12(2,3)16-9;/h5,8-11,13H,1,6-7H2,2-4H3;1H. The maximum atomic E-state index is 5.86. The van der Waals surface area contributed by atoms with Crippen molar-refractivity contribution in [1.29, 1.82) is 0 Å². The summed E-state index contributed by atoms with van der Waals surface area (Å²) in [6, 6.07) is 0. The minimum absolute atomic E-state index is 0. The molecule has 2 fully saturated rings. The van der Waals surface area contributed by atoms with Gasteiger partial charge in [0, 0.05) is 20.2 Å². The fourth-order valence-corrected chi connectivity index (χ4v) is 2.32. The molecule has 4 atom stereocenters. The molecule has 0 saturated carbocycles. The van der Waals surface area contributed by atoms with Crippen molar-refractivity contribution in [1.82, 2.24) is 5.32 Å². The lowest BCUT2D eigenvalue weighted by Gasteiger charge is -2.23. The Bertz CT molecular complexity index is 287. The molecule has 2 aliphatic heterocycles. The molecule has 2 aliphatic rings. The molecule has 0 aromatic carbocycles. The van der Waals surface area contributed by atoms with Gasteiger partial charge in [-0.15, -0.1) is 19.0 Å². The Morgan fingerprint density at radius 2 is 2.00 bits per heavy atom. The van der Waals surface area contributed by atoms with Crippen LogP contribution in [0.1, 0.15) is 13.8 Å². The zero-order valence-electron chi connectivity index (χ0n) is 11.0. The third kappa shape index (κ3) is 3.23. The van der Waals surface area contributed by atoms with Gasteiger partial charge in [0.05, 0.1) is 0 Å². The van der Waals surface area contributed by atoms with Gasteiger partial charge in [-0.2, -0.15) is 0 Å². The number of halogens is 1. The first-order valence-electron chi connectivity index (χ1n) is 5.93. The summed E-state index contributed by atoms with van der Waals surface area (Å²) < 4.78 is 22.7. The van der Waals surface area contributed by atoms with Crippen LogP contribution in [0, 0.1) is 0 Å². The molecule has 0 aromatic rings. The van der Waals surface area contributed by atoms with Gasteiger partial charge in [-0.1, -0.05) is 6.08 Å². The van der Waals surface area contributed by atoms with E-state index in [9.17, 15) is 0 Å². The van der Waals surface area contributed by atoms with Crippen LogP contribution in [0.2, 0.25) is 0 Å². The number of hydrogen-bond donors (Lipinski definition) is 1. The summed E-state index contributed by atoms with van der Waals surface area (Å²) >= 11 is 0. The average molecular weight is 280 g/mol. The van der Waals surface area contributed by atoms with Crippen LogP contribution < -0.4 is 5.32 Å². The van der Waals surface area contributed by atoms with Gasteiger partial charge in [0.2, 0.25) is 0 Å². The van der Waals surface area contributed by atoms with Crippen LogP contribution in [0.15, 0.2) is 12.7 Å². The van der Waals surface area contributed by atoms with Crippen molar-refractivity contribution < 1.29 is 18.9 Å². The Hall–Kier alpha value is -0.170. The van der Waals surface area contributed by atoms with Crippen LogP contribution in [0.3, 0.4) is 0 Å². The van der Waals surface area contributed by atoms with Crippen LogP contribution in [0.25, 0.3) is 0 Å². The van der Waals surface area contributed by atoms with E-state index in [1.807, 2.05) is 19.9 Å². The smallest absolute Gasteiger partial charge is 0.186 e. The van der Waals surface area contributed by atoms with Crippen LogP contribution in [-0.4, -0.2) is 50.6 Å². The normalized spacial score (nSPS) is 37.1. The van der Waals surface area contributed by atoms with E-state index in [0.29, 0.717) is 6.54 Å². The quantitative estimate of drug-likeness (QED) is 0.603. The maximum absolute atomic E-state index is 5.86. The minimum atomic E-state index is -0.563. The van der Waals surface area contributed by atoms with E-state index in [1.165, 1.54) is 0 Å². The fourth-order valence-electron chi connectivity index (χ4n) is 2.32. The van der Waals surface area contributed by atoms with Gasteiger partial charge >= 0.3 is 0 Å². The van der Waals surface area contributed by atoms with E-state index < -0.39 is 5.79 Å². The van der Waals surface area contributed by atoms with E-state index in [1.54, 1.807) is 7.11 Å². The molecule has 2 saturated heterocycles. The molecule has 0 spiro atoms. The molecule has 6 heteroatoms. The maximum Gasteiger partial charge on any atom is 0.186 e. The Morgan fingerprint density at radius 1 is 1.33 bits per heavy atom. The molecule has 0 radical (unpaired) electrons. The second-order valence-corrected chi connectivity index (χ2v) is 4.79. The molecule has 2 heterocycles. The molecular weight excluding hydrogens is 258 g/mol. The Kier molecular flexibility index (Phi) is 5.58. The Balaban J connectivity index is 0.00000162. The molecule has 18 heavy (non-hydrogen) atoms. The van der Waals surface area contributed by atoms with Crippen LogP contribution in [-0.2, 0) is 18.9 Å². The lowest BCUT2D eigenvalue weighted by Crippen LogP contribution is -2.37. The van der Waals surface area contributed by atoms with Crippen molar-refractivity contribution in [3.05, 3.63) is 12.7 Å². The monoisotopic (exact) mass is 279 g/mol. The first-order valence-corrected chi connectivity index (χ1v) is 5.93. The minimum Gasteiger partial charge on any atom is -0.353 e. The molecule has 0 bridgehead atoms. The van der Waals surface area contributed by atoms with Gasteiger partial charge in [-0.25, -0.2) is 0 Å². The lowest BCUT2D eigenvalue weighted by molar-refractivity contribution is -0.226. The topological polar surface area (TPSA) is 49.0 Å². The van der Waals surface area contributed by atoms with E-state index in [0.717, 1.165) is 6.54 Å². The summed E-state index contributed by atoms with van der Waals surface area (Å²) in [5.74, 6) is -0.563. The summed E-state index contributed by atoms with van der Waals surface area (Å²) in [6.07, 6.45) is 1.19. The van der Waals surface area contributed by atoms with Crippen molar-refractivity contribution >= 4 is 12.4 Å². The van der Waals surface area contributed by atoms with Crippen molar-refractivity contribution in [2.45, 2.75) is 44.2 Å². The molecule has 5 nitrogen and oxygen atoms in total. The number of nitrogens with one attached hydrogen (secondary N) is 1. The summed E-state index contributed by atoms with van der Waals surface area (Å²) in [4.78, 5) is 0. The summed E-state index contributed by atoms with van der Waals surface area (Å²) in [5, 5.41) is 3.23. The zero-order valence-corrected chi connectivity index (χ0v) is 11.9. The predicted octanol–water partition coefficient (Wildman–Crippen LogP) is 1.08. The fraction of sp³-hybridized carbons (Fsp3) is 0.833. The van der Waals surface area contributed by atoms with Crippen molar-refractivity contribution in [3.63, 3.8) is 0 Å². The predicted molar refractivity (Wildman–Crippen MR) is 69.8 cm³/mol. The largest absolute Gasteiger partial charge is 0.353 e. The van der Waals surface area contributed by atoms with Crippen LogP contribution in [0.4, 0.5) is 0 Å². The molecule has 0 amide bonds. The molecule has 4 unspecified atom stereocenters. The highest BCUT2D eigenvalue weighted by Crippen LogP contribution is 2.38. The first-order chi connectivity index (χ1) is 8.07.